The second-order valence-corrected chi connectivity index (χ2v) is 3.34. The van der Waals surface area contributed by atoms with Crippen molar-refractivity contribution < 1.29 is 4.74 Å². The summed E-state index contributed by atoms with van der Waals surface area (Å²) in [6.07, 6.45) is 4.12. The second kappa shape index (κ2) is 6.07. The fourth-order valence-corrected chi connectivity index (χ4v) is 1.34. The van der Waals surface area contributed by atoms with Crippen molar-refractivity contribution in [2.75, 3.05) is 19.5 Å². The number of rotatable bonds is 6. The van der Waals surface area contributed by atoms with Crippen molar-refractivity contribution in [3.8, 4) is 0 Å². The highest BCUT2D eigenvalue weighted by atomic mass is 16.5. The van der Waals surface area contributed by atoms with Crippen LogP contribution in [-0.4, -0.2) is 29.8 Å². The molecule has 1 unspecified atom stereocenters. The van der Waals surface area contributed by atoms with Crippen LogP contribution in [0.1, 0.15) is 6.42 Å². The van der Waals surface area contributed by atoms with E-state index in [-0.39, 0.29) is 11.8 Å². The van der Waals surface area contributed by atoms with E-state index in [2.05, 4.69) is 16.9 Å². The van der Waals surface area contributed by atoms with Gasteiger partial charge >= 0.3 is 5.69 Å². The first-order chi connectivity index (χ1) is 7.71. The van der Waals surface area contributed by atoms with E-state index in [0.717, 1.165) is 0 Å². The third kappa shape index (κ3) is 3.20. The minimum atomic E-state index is -0.259. The summed E-state index contributed by atoms with van der Waals surface area (Å²) in [7, 11) is 3.35. The summed E-state index contributed by atoms with van der Waals surface area (Å²) in [4.78, 5) is 15.4. The maximum Gasteiger partial charge on any atom is 0.349 e. The van der Waals surface area contributed by atoms with Crippen molar-refractivity contribution in [2.45, 2.75) is 19.1 Å². The predicted molar refractivity (Wildman–Crippen MR) is 63.7 cm³/mol. The molecule has 0 amide bonds. The van der Waals surface area contributed by atoms with Gasteiger partial charge in [-0.2, -0.15) is 4.98 Å². The van der Waals surface area contributed by atoms with Crippen LogP contribution < -0.4 is 11.0 Å². The molecule has 0 saturated carbocycles. The van der Waals surface area contributed by atoms with Gasteiger partial charge in [0, 0.05) is 26.9 Å². The van der Waals surface area contributed by atoms with Crippen LogP contribution in [0.25, 0.3) is 0 Å². The van der Waals surface area contributed by atoms with Gasteiger partial charge in [-0.15, -0.1) is 6.58 Å². The molecule has 0 aromatic carbocycles. The maximum atomic E-state index is 11.5. The molecule has 0 aliphatic carbocycles. The van der Waals surface area contributed by atoms with Gasteiger partial charge in [-0.25, -0.2) is 4.79 Å². The lowest BCUT2D eigenvalue weighted by Gasteiger charge is -2.11. The lowest BCUT2D eigenvalue weighted by atomic mass is 10.2. The number of nitrogens with one attached hydrogen (secondary N) is 1. The lowest BCUT2D eigenvalue weighted by molar-refractivity contribution is 0.129. The number of ether oxygens (including phenoxy) is 1. The van der Waals surface area contributed by atoms with Gasteiger partial charge in [0.05, 0.1) is 6.10 Å². The monoisotopic (exact) mass is 223 g/mol. The molecular weight excluding hydrogens is 206 g/mol. The summed E-state index contributed by atoms with van der Waals surface area (Å²) in [5, 5.41) is 2.82. The Morgan fingerprint density at radius 3 is 3.00 bits per heavy atom. The van der Waals surface area contributed by atoms with Crippen molar-refractivity contribution >= 4 is 5.82 Å². The smallest absolute Gasteiger partial charge is 0.349 e. The molecule has 1 aromatic heterocycles. The van der Waals surface area contributed by atoms with Gasteiger partial charge < -0.3 is 10.1 Å². The Labute approximate surface area is 94.8 Å². The predicted octanol–water partition coefficient (Wildman–Crippen LogP) is 0.876. The standard InChI is InChI=1S/C11H17N3O2/c1-4-9(16-3)5-7-14-8-6-10(12-2)13-11(14)15/h4,6,8-9H,1,5,7H2,2-3H3,(H,12,13,15). The van der Waals surface area contributed by atoms with Gasteiger partial charge in [0.1, 0.15) is 5.82 Å². The lowest BCUT2D eigenvalue weighted by Crippen LogP contribution is -2.25. The number of hydrogen-bond donors (Lipinski definition) is 1. The van der Waals surface area contributed by atoms with E-state index < -0.39 is 0 Å². The van der Waals surface area contributed by atoms with Crippen LogP contribution in [0.3, 0.4) is 0 Å². The van der Waals surface area contributed by atoms with Gasteiger partial charge in [-0.3, -0.25) is 4.57 Å². The molecule has 0 aliphatic rings. The van der Waals surface area contributed by atoms with Crippen LogP contribution in [-0.2, 0) is 11.3 Å². The quantitative estimate of drug-likeness (QED) is 0.727. The maximum absolute atomic E-state index is 11.5. The van der Waals surface area contributed by atoms with Crippen LogP contribution in [0.15, 0.2) is 29.7 Å². The van der Waals surface area contributed by atoms with Crippen molar-refractivity contribution in [1.29, 1.82) is 0 Å². The van der Waals surface area contributed by atoms with E-state index in [9.17, 15) is 4.79 Å². The molecule has 1 aromatic rings. The van der Waals surface area contributed by atoms with Gasteiger partial charge in [0.25, 0.3) is 0 Å². The summed E-state index contributed by atoms with van der Waals surface area (Å²) in [5.74, 6) is 0.577. The first-order valence-corrected chi connectivity index (χ1v) is 5.12. The summed E-state index contributed by atoms with van der Waals surface area (Å²) in [6.45, 7) is 4.23. The van der Waals surface area contributed by atoms with E-state index in [1.807, 2.05) is 0 Å². The Bertz CT molecular complexity index is 400. The highest BCUT2D eigenvalue weighted by Crippen LogP contribution is 2.01. The number of hydrogen-bond acceptors (Lipinski definition) is 4. The average Bonchev–Trinajstić information content (AvgIpc) is 2.32. The van der Waals surface area contributed by atoms with Gasteiger partial charge in [0.15, 0.2) is 0 Å². The zero-order valence-corrected chi connectivity index (χ0v) is 9.64. The number of aromatic nitrogens is 2. The molecule has 5 heteroatoms. The van der Waals surface area contributed by atoms with Gasteiger partial charge in [-0.05, 0) is 12.5 Å². The van der Waals surface area contributed by atoms with E-state index in [4.69, 9.17) is 4.74 Å². The summed E-state index contributed by atoms with van der Waals surface area (Å²) < 4.78 is 6.69. The van der Waals surface area contributed by atoms with Crippen LogP contribution in [0.2, 0.25) is 0 Å². The Morgan fingerprint density at radius 2 is 2.50 bits per heavy atom. The molecular formula is C11H17N3O2. The fourth-order valence-electron chi connectivity index (χ4n) is 1.34. The normalized spacial score (nSPS) is 12.1. The molecule has 0 saturated heterocycles. The first-order valence-electron chi connectivity index (χ1n) is 5.12. The minimum absolute atomic E-state index is 0.0316. The van der Waals surface area contributed by atoms with Crippen molar-refractivity contribution in [1.82, 2.24) is 9.55 Å². The molecule has 1 rings (SSSR count). The van der Waals surface area contributed by atoms with Crippen LogP contribution in [0.5, 0.6) is 0 Å². The second-order valence-electron chi connectivity index (χ2n) is 3.34. The molecule has 16 heavy (non-hydrogen) atoms. The van der Waals surface area contributed by atoms with Crippen LogP contribution in [0, 0.1) is 0 Å². The van der Waals surface area contributed by atoms with Crippen LogP contribution >= 0.6 is 0 Å². The van der Waals surface area contributed by atoms with Crippen LogP contribution in [0.4, 0.5) is 5.82 Å². The van der Waals surface area contributed by atoms with Crippen molar-refractivity contribution in [2.24, 2.45) is 0 Å². The molecule has 0 spiro atoms. The molecule has 0 fully saturated rings. The largest absolute Gasteiger partial charge is 0.377 e. The third-order valence-electron chi connectivity index (χ3n) is 2.35. The third-order valence-corrected chi connectivity index (χ3v) is 2.35. The molecule has 0 bridgehead atoms. The van der Waals surface area contributed by atoms with E-state index in [1.165, 1.54) is 0 Å². The molecule has 0 aliphatic heterocycles. The zero-order valence-electron chi connectivity index (χ0n) is 9.64. The Morgan fingerprint density at radius 1 is 1.75 bits per heavy atom. The molecule has 0 radical (unpaired) electrons. The van der Waals surface area contributed by atoms with E-state index in [0.29, 0.717) is 18.8 Å². The number of nitrogens with zero attached hydrogens (tertiary/aromatic N) is 2. The molecule has 1 atom stereocenters. The summed E-state index contributed by atoms with van der Waals surface area (Å²) in [5.41, 5.74) is -0.259. The average molecular weight is 223 g/mol. The minimum Gasteiger partial charge on any atom is -0.377 e. The molecule has 1 heterocycles. The number of aryl methyl sites for hydroxylation is 1. The Kier molecular flexibility index (Phi) is 4.72. The molecule has 1 N–H and O–H groups in total. The van der Waals surface area contributed by atoms with E-state index in [1.54, 1.807) is 37.1 Å². The summed E-state index contributed by atoms with van der Waals surface area (Å²) in [6, 6.07) is 1.76. The fraction of sp³-hybridized carbons (Fsp3) is 0.455. The first kappa shape index (κ1) is 12.4. The Balaban J connectivity index is 2.67. The highest BCUT2D eigenvalue weighted by Gasteiger charge is 2.04. The zero-order chi connectivity index (χ0) is 12.0. The summed E-state index contributed by atoms with van der Waals surface area (Å²) >= 11 is 0. The topological polar surface area (TPSA) is 56.2 Å². The molecule has 88 valence electrons. The van der Waals surface area contributed by atoms with Crippen molar-refractivity contribution in [3.05, 3.63) is 35.4 Å². The number of methoxy groups -OCH3 is 1. The van der Waals surface area contributed by atoms with Gasteiger partial charge in [-0.1, -0.05) is 6.08 Å². The SMILES string of the molecule is C=CC(CCn1ccc(NC)nc1=O)OC. The van der Waals surface area contributed by atoms with Crippen molar-refractivity contribution in [3.63, 3.8) is 0 Å². The molecule has 5 nitrogen and oxygen atoms in total. The number of anilines is 1. The highest BCUT2D eigenvalue weighted by molar-refractivity contribution is 5.30. The van der Waals surface area contributed by atoms with E-state index >= 15 is 0 Å². The van der Waals surface area contributed by atoms with Gasteiger partial charge in [0.2, 0.25) is 0 Å². The Hall–Kier alpha value is -1.62.